The van der Waals surface area contributed by atoms with Crippen LogP contribution < -0.4 is 5.32 Å². The molecule has 26 heavy (non-hydrogen) atoms. The molecule has 5 nitrogen and oxygen atoms in total. The zero-order valence-corrected chi connectivity index (χ0v) is 15.7. The van der Waals surface area contributed by atoms with Gasteiger partial charge in [-0.05, 0) is 24.6 Å². The maximum Gasteiger partial charge on any atom is 0.210 e. The first kappa shape index (κ1) is 16.8. The van der Waals surface area contributed by atoms with Crippen LogP contribution in [0.1, 0.15) is 11.5 Å². The number of benzene rings is 2. The van der Waals surface area contributed by atoms with E-state index in [4.69, 9.17) is 4.42 Å². The number of nitrogens with one attached hydrogen (secondary N) is 1. The van der Waals surface area contributed by atoms with E-state index in [2.05, 4.69) is 39.6 Å². The summed E-state index contributed by atoms with van der Waals surface area (Å²) in [7, 11) is 0. The summed E-state index contributed by atoms with van der Waals surface area (Å²) in [5.41, 5.74) is 3.24. The summed E-state index contributed by atoms with van der Waals surface area (Å²) in [4.78, 5) is 4.35. The van der Waals surface area contributed by atoms with Gasteiger partial charge in [0.05, 0.1) is 11.9 Å². The standard InChI is InChI=1S/C19H16N4OS2/c1-13-6-5-9-15(10-13)21-18-22-23-19(26-18)25-12-17-20-11-16(24-17)14-7-3-2-4-8-14/h2-11H,12H2,1H3,(H,21,22). The summed E-state index contributed by atoms with van der Waals surface area (Å²) in [5, 5.41) is 12.5. The molecule has 2 aromatic heterocycles. The molecule has 130 valence electrons. The third-order valence-electron chi connectivity index (χ3n) is 3.61. The normalized spacial score (nSPS) is 10.8. The average Bonchev–Trinajstić information content (AvgIpc) is 3.30. The largest absolute Gasteiger partial charge is 0.440 e. The van der Waals surface area contributed by atoms with E-state index in [0.717, 1.165) is 26.5 Å². The third kappa shape index (κ3) is 4.12. The van der Waals surface area contributed by atoms with Crippen molar-refractivity contribution in [2.45, 2.75) is 17.0 Å². The molecule has 4 aromatic rings. The first-order chi connectivity index (χ1) is 12.8. The quantitative estimate of drug-likeness (QED) is 0.443. The van der Waals surface area contributed by atoms with Crippen LogP contribution in [0, 0.1) is 6.92 Å². The van der Waals surface area contributed by atoms with E-state index < -0.39 is 0 Å². The first-order valence-corrected chi connectivity index (χ1v) is 9.86. The predicted molar refractivity (Wildman–Crippen MR) is 106 cm³/mol. The van der Waals surface area contributed by atoms with Gasteiger partial charge in [-0.1, -0.05) is 65.6 Å². The van der Waals surface area contributed by atoms with Gasteiger partial charge in [-0.15, -0.1) is 10.2 Å². The van der Waals surface area contributed by atoms with Gasteiger partial charge in [0.2, 0.25) is 11.0 Å². The summed E-state index contributed by atoms with van der Waals surface area (Å²) in [6, 6.07) is 18.1. The lowest BCUT2D eigenvalue weighted by molar-refractivity contribution is 0.530. The number of anilines is 2. The fourth-order valence-electron chi connectivity index (χ4n) is 2.40. The highest BCUT2D eigenvalue weighted by atomic mass is 32.2. The fraction of sp³-hybridized carbons (Fsp3) is 0.105. The Bertz CT molecular complexity index is 997. The molecule has 0 aliphatic heterocycles. The highest BCUT2D eigenvalue weighted by Gasteiger charge is 2.10. The van der Waals surface area contributed by atoms with Crippen LogP contribution in [-0.4, -0.2) is 15.2 Å². The Labute approximate surface area is 159 Å². The van der Waals surface area contributed by atoms with Gasteiger partial charge in [0.25, 0.3) is 0 Å². The fourth-order valence-corrected chi connectivity index (χ4v) is 4.03. The van der Waals surface area contributed by atoms with E-state index in [1.807, 2.05) is 42.5 Å². The smallest absolute Gasteiger partial charge is 0.210 e. The van der Waals surface area contributed by atoms with Crippen molar-refractivity contribution >= 4 is 33.9 Å². The van der Waals surface area contributed by atoms with Gasteiger partial charge in [0.15, 0.2) is 10.1 Å². The van der Waals surface area contributed by atoms with Crippen LogP contribution in [0.5, 0.6) is 0 Å². The molecule has 0 bridgehead atoms. The van der Waals surface area contributed by atoms with Crippen molar-refractivity contribution in [2.75, 3.05) is 5.32 Å². The Morgan fingerprint density at radius 2 is 1.96 bits per heavy atom. The van der Waals surface area contributed by atoms with Crippen molar-refractivity contribution in [3.63, 3.8) is 0 Å². The second-order valence-corrected chi connectivity index (χ2v) is 7.84. The monoisotopic (exact) mass is 380 g/mol. The van der Waals surface area contributed by atoms with Gasteiger partial charge in [0.1, 0.15) is 0 Å². The van der Waals surface area contributed by atoms with Crippen molar-refractivity contribution < 1.29 is 4.42 Å². The zero-order chi connectivity index (χ0) is 17.8. The van der Waals surface area contributed by atoms with Gasteiger partial charge >= 0.3 is 0 Å². The van der Waals surface area contributed by atoms with Gasteiger partial charge in [-0.25, -0.2) is 4.98 Å². The second kappa shape index (κ2) is 7.72. The van der Waals surface area contributed by atoms with Gasteiger partial charge < -0.3 is 9.73 Å². The predicted octanol–water partition coefficient (Wildman–Crippen LogP) is 5.54. The minimum atomic E-state index is 0.617. The van der Waals surface area contributed by atoms with Crippen molar-refractivity contribution in [2.24, 2.45) is 0 Å². The van der Waals surface area contributed by atoms with Crippen molar-refractivity contribution in [1.82, 2.24) is 15.2 Å². The number of aromatic nitrogens is 3. The molecule has 1 N–H and O–H groups in total. The Kier molecular flexibility index (Phi) is 4.99. The molecule has 2 aromatic carbocycles. The summed E-state index contributed by atoms with van der Waals surface area (Å²) in [6.45, 7) is 2.06. The Morgan fingerprint density at radius 1 is 1.08 bits per heavy atom. The van der Waals surface area contributed by atoms with E-state index in [0.29, 0.717) is 11.6 Å². The molecule has 2 heterocycles. The van der Waals surface area contributed by atoms with E-state index in [1.165, 1.54) is 16.9 Å². The van der Waals surface area contributed by atoms with Gasteiger partial charge in [-0.3, -0.25) is 0 Å². The molecule has 0 spiro atoms. The van der Waals surface area contributed by atoms with Crippen molar-refractivity contribution in [3.05, 3.63) is 72.2 Å². The van der Waals surface area contributed by atoms with Crippen LogP contribution in [0.25, 0.3) is 11.3 Å². The summed E-state index contributed by atoms with van der Waals surface area (Å²) in [5.74, 6) is 2.07. The minimum Gasteiger partial charge on any atom is -0.440 e. The molecular formula is C19H16N4OS2. The molecule has 7 heteroatoms. The molecule has 0 amide bonds. The third-order valence-corrected chi connectivity index (χ3v) is 5.56. The van der Waals surface area contributed by atoms with Crippen LogP contribution >= 0.6 is 23.1 Å². The van der Waals surface area contributed by atoms with Crippen LogP contribution in [0.4, 0.5) is 10.8 Å². The highest BCUT2D eigenvalue weighted by molar-refractivity contribution is 8.00. The Balaban J connectivity index is 1.37. The molecule has 0 aliphatic carbocycles. The summed E-state index contributed by atoms with van der Waals surface area (Å²) in [6.07, 6.45) is 1.76. The number of thioether (sulfide) groups is 1. The maximum absolute atomic E-state index is 5.82. The van der Waals surface area contributed by atoms with Gasteiger partial charge in [0, 0.05) is 11.3 Å². The topological polar surface area (TPSA) is 63.8 Å². The zero-order valence-electron chi connectivity index (χ0n) is 14.0. The van der Waals surface area contributed by atoms with Gasteiger partial charge in [-0.2, -0.15) is 0 Å². The Morgan fingerprint density at radius 3 is 2.81 bits per heavy atom. The van der Waals surface area contributed by atoms with Crippen LogP contribution in [-0.2, 0) is 5.75 Å². The van der Waals surface area contributed by atoms with Crippen molar-refractivity contribution in [1.29, 1.82) is 0 Å². The van der Waals surface area contributed by atoms with E-state index in [9.17, 15) is 0 Å². The average molecular weight is 380 g/mol. The maximum atomic E-state index is 5.82. The second-order valence-electron chi connectivity index (χ2n) is 5.64. The molecule has 0 radical (unpaired) electrons. The van der Waals surface area contributed by atoms with Crippen molar-refractivity contribution in [3.8, 4) is 11.3 Å². The van der Waals surface area contributed by atoms with E-state index in [1.54, 1.807) is 18.0 Å². The molecular weight excluding hydrogens is 364 g/mol. The van der Waals surface area contributed by atoms with Crippen LogP contribution in [0.2, 0.25) is 0 Å². The summed E-state index contributed by atoms with van der Waals surface area (Å²) >= 11 is 3.08. The molecule has 0 saturated carbocycles. The SMILES string of the molecule is Cc1cccc(Nc2nnc(SCc3ncc(-c4ccccc4)o3)s2)c1. The molecule has 0 unspecified atom stereocenters. The lowest BCUT2D eigenvalue weighted by Crippen LogP contribution is -1.89. The summed E-state index contributed by atoms with van der Waals surface area (Å²) < 4.78 is 6.69. The number of aryl methyl sites for hydroxylation is 1. The lowest BCUT2D eigenvalue weighted by atomic mass is 10.2. The minimum absolute atomic E-state index is 0.617. The number of rotatable bonds is 6. The van der Waals surface area contributed by atoms with E-state index >= 15 is 0 Å². The molecule has 0 saturated heterocycles. The van der Waals surface area contributed by atoms with Crippen LogP contribution in [0.3, 0.4) is 0 Å². The molecule has 0 fully saturated rings. The molecule has 0 atom stereocenters. The molecule has 4 rings (SSSR count). The first-order valence-electron chi connectivity index (χ1n) is 8.06. The van der Waals surface area contributed by atoms with E-state index in [-0.39, 0.29) is 0 Å². The number of nitrogens with zero attached hydrogens (tertiary/aromatic N) is 3. The number of oxazole rings is 1. The Hall–Kier alpha value is -2.64. The number of hydrogen-bond donors (Lipinski definition) is 1. The highest BCUT2D eigenvalue weighted by Crippen LogP contribution is 2.30. The lowest BCUT2D eigenvalue weighted by Gasteiger charge is -2.01. The van der Waals surface area contributed by atoms with Crippen LogP contribution in [0.15, 0.2) is 69.6 Å². The number of hydrogen-bond acceptors (Lipinski definition) is 7. The molecule has 0 aliphatic rings.